The van der Waals surface area contributed by atoms with Crippen LogP contribution in [-0.2, 0) is 9.53 Å². The molecule has 0 aromatic carbocycles. The second-order valence-corrected chi connectivity index (χ2v) is 3.65. The molecule has 0 rings (SSSR count). The van der Waals surface area contributed by atoms with Crippen molar-refractivity contribution in [2.45, 2.75) is 12.6 Å². The van der Waals surface area contributed by atoms with Gasteiger partial charge in [0.1, 0.15) is 6.42 Å². The van der Waals surface area contributed by atoms with Gasteiger partial charge in [0.05, 0.1) is 6.61 Å². The molecule has 0 bridgehead atoms. The monoisotopic (exact) mass is 291 g/mol. The molecule has 15 heavy (non-hydrogen) atoms. The third kappa shape index (κ3) is 7.61. The van der Waals surface area contributed by atoms with Gasteiger partial charge in [0, 0.05) is 25.5 Å². The van der Waals surface area contributed by atoms with E-state index in [1.54, 1.807) is 0 Å². The quantitative estimate of drug-likeness (QED) is 0.699. The molecule has 0 spiro atoms. The zero-order valence-electron chi connectivity index (χ0n) is 8.31. The van der Waals surface area contributed by atoms with Crippen molar-refractivity contribution in [2.75, 3.05) is 32.1 Å². The van der Waals surface area contributed by atoms with E-state index < -0.39 is 18.5 Å². The first-order valence-electron chi connectivity index (χ1n) is 4.30. The summed E-state index contributed by atoms with van der Waals surface area (Å²) in [4.78, 5) is 12.3. The largest absolute Gasteiger partial charge is 0.397 e. The number of carbonyl (C=O) groups is 1. The summed E-state index contributed by atoms with van der Waals surface area (Å²) >= 11 is 3.07. The number of hydrogen-bond donors (Lipinski definition) is 0. The summed E-state index contributed by atoms with van der Waals surface area (Å²) in [6.07, 6.45) is -5.86. The van der Waals surface area contributed by atoms with Crippen LogP contribution in [0.5, 0.6) is 0 Å². The molecular weight excluding hydrogens is 279 g/mol. The maximum absolute atomic E-state index is 11.9. The maximum Gasteiger partial charge on any atom is 0.397 e. The van der Waals surface area contributed by atoms with Crippen molar-refractivity contribution in [3.05, 3.63) is 0 Å². The normalized spacial score (nSPS) is 11.5. The van der Waals surface area contributed by atoms with Gasteiger partial charge in [-0.3, -0.25) is 4.79 Å². The first kappa shape index (κ1) is 14.7. The fourth-order valence-electron chi connectivity index (χ4n) is 0.948. The molecule has 90 valence electrons. The Balaban J connectivity index is 4.15. The summed E-state index contributed by atoms with van der Waals surface area (Å²) in [5, 5.41) is 0.445. The summed E-state index contributed by atoms with van der Waals surface area (Å²) in [5.74, 6) is -0.918. The van der Waals surface area contributed by atoms with Crippen molar-refractivity contribution in [3.8, 4) is 0 Å². The Bertz CT molecular complexity index is 199. The lowest BCUT2D eigenvalue weighted by atomic mass is 10.3. The molecule has 7 heteroatoms. The minimum absolute atomic E-state index is 0.178. The summed E-state index contributed by atoms with van der Waals surface area (Å²) in [5.41, 5.74) is 0. The SMILES string of the molecule is COCCN(CCBr)C(=O)CC(F)(F)F. The molecule has 0 aliphatic heterocycles. The Labute approximate surface area is 94.7 Å². The van der Waals surface area contributed by atoms with Crippen LogP contribution in [0, 0.1) is 0 Å². The van der Waals surface area contributed by atoms with E-state index in [0.29, 0.717) is 5.33 Å². The minimum Gasteiger partial charge on any atom is -0.383 e. The average molecular weight is 292 g/mol. The van der Waals surface area contributed by atoms with Crippen molar-refractivity contribution in [1.82, 2.24) is 4.90 Å². The van der Waals surface area contributed by atoms with Gasteiger partial charge in [-0.1, -0.05) is 15.9 Å². The van der Waals surface area contributed by atoms with Crippen molar-refractivity contribution in [2.24, 2.45) is 0 Å². The van der Waals surface area contributed by atoms with E-state index in [9.17, 15) is 18.0 Å². The molecule has 0 radical (unpaired) electrons. The van der Waals surface area contributed by atoms with E-state index in [2.05, 4.69) is 15.9 Å². The molecule has 0 aromatic heterocycles. The smallest absolute Gasteiger partial charge is 0.383 e. The number of rotatable bonds is 6. The van der Waals surface area contributed by atoms with Crippen molar-refractivity contribution in [3.63, 3.8) is 0 Å². The van der Waals surface area contributed by atoms with Crippen LogP contribution in [0.3, 0.4) is 0 Å². The highest BCUT2D eigenvalue weighted by Crippen LogP contribution is 2.20. The van der Waals surface area contributed by atoms with E-state index in [-0.39, 0.29) is 19.7 Å². The lowest BCUT2D eigenvalue weighted by Crippen LogP contribution is -2.37. The summed E-state index contributed by atoms with van der Waals surface area (Å²) < 4.78 is 40.5. The van der Waals surface area contributed by atoms with E-state index in [0.717, 1.165) is 4.90 Å². The summed E-state index contributed by atoms with van der Waals surface area (Å²) in [7, 11) is 1.43. The fraction of sp³-hybridized carbons (Fsp3) is 0.875. The molecule has 3 nitrogen and oxygen atoms in total. The molecule has 0 saturated heterocycles. The molecule has 0 atom stereocenters. The van der Waals surface area contributed by atoms with Crippen LogP contribution in [0.25, 0.3) is 0 Å². The molecule has 0 aliphatic carbocycles. The van der Waals surface area contributed by atoms with Gasteiger partial charge >= 0.3 is 6.18 Å². The number of hydrogen-bond acceptors (Lipinski definition) is 2. The predicted octanol–water partition coefficient (Wildman–Crippen LogP) is 1.81. The number of amides is 1. The second kappa shape index (κ2) is 7.05. The highest BCUT2D eigenvalue weighted by molar-refractivity contribution is 9.09. The Morgan fingerprint density at radius 3 is 2.40 bits per heavy atom. The first-order chi connectivity index (χ1) is 6.90. The van der Waals surface area contributed by atoms with Crippen molar-refractivity contribution < 1.29 is 22.7 Å². The summed E-state index contributed by atoms with van der Waals surface area (Å²) in [6, 6.07) is 0. The van der Waals surface area contributed by atoms with Gasteiger partial charge in [-0.25, -0.2) is 0 Å². The van der Waals surface area contributed by atoms with Gasteiger partial charge < -0.3 is 9.64 Å². The van der Waals surface area contributed by atoms with Gasteiger partial charge in [-0.2, -0.15) is 13.2 Å². The van der Waals surface area contributed by atoms with Gasteiger partial charge in [-0.05, 0) is 0 Å². The van der Waals surface area contributed by atoms with Gasteiger partial charge in [0.15, 0.2) is 0 Å². The van der Waals surface area contributed by atoms with Crippen LogP contribution in [0.15, 0.2) is 0 Å². The van der Waals surface area contributed by atoms with Crippen molar-refractivity contribution in [1.29, 1.82) is 0 Å². The van der Waals surface area contributed by atoms with Gasteiger partial charge in [0.2, 0.25) is 5.91 Å². The minimum atomic E-state index is -4.45. The number of ether oxygens (including phenoxy) is 1. The van der Waals surface area contributed by atoms with E-state index >= 15 is 0 Å². The molecule has 0 aromatic rings. The van der Waals surface area contributed by atoms with Gasteiger partial charge in [0.25, 0.3) is 0 Å². The average Bonchev–Trinajstić information content (AvgIpc) is 2.09. The standard InChI is InChI=1S/C8H13BrF3NO2/c1-15-5-4-13(3-2-9)7(14)6-8(10,11)12/h2-6H2,1H3. The van der Waals surface area contributed by atoms with E-state index in [4.69, 9.17) is 4.74 Å². The first-order valence-corrected chi connectivity index (χ1v) is 5.42. The van der Waals surface area contributed by atoms with E-state index in [1.165, 1.54) is 7.11 Å². The molecule has 0 aliphatic rings. The topological polar surface area (TPSA) is 29.5 Å². The fourth-order valence-corrected chi connectivity index (χ4v) is 1.38. The van der Waals surface area contributed by atoms with Crippen LogP contribution in [0.2, 0.25) is 0 Å². The molecule has 0 fully saturated rings. The predicted molar refractivity (Wildman–Crippen MR) is 52.9 cm³/mol. The molecule has 0 heterocycles. The van der Waals surface area contributed by atoms with Gasteiger partial charge in [-0.15, -0.1) is 0 Å². The highest BCUT2D eigenvalue weighted by Gasteiger charge is 2.33. The zero-order valence-corrected chi connectivity index (χ0v) is 9.90. The third-order valence-electron chi connectivity index (χ3n) is 1.62. The van der Waals surface area contributed by atoms with Crippen LogP contribution in [-0.4, -0.2) is 49.1 Å². The Kier molecular flexibility index (Phi) is 6.91. The molecule has 0 unspecified atom stereocenters. The van der Waals surface area contributed by atoms with Crippen LogP contribution in [0.4, 0.5) is 13.2 Å². The molecular formula is C8H13BrF3NO2. The number of nitrogens with zero attached hydrogens (tertiary/aromatic N) is 1. The highest BCUT2D eigenvalue weighted by atomic mass is 79.9. The number of halogens is 4. The Morgan fingerprint density at radius 1 is 1.40 bits per heavy atom. The third-order valence-corrected chi connectivity index (χ3v) is 1.98. The van der Waals surface area contributed by atoms with Crippen LogP contribution >= 0.6 is 15.9 Å². The lowest BCUT2D eigenvalue weighted by molar-refractivity contribution is -0.161. The Morgan fingerprint density at radius 2 is 2.00 bits per heavy atom. The zero-order chi connectivity index (χ0) is 11.9. The number of alkyl halides is 4. The molecule has 0 saturated carbocycles. The van der Waals surface area contributed by atoms with E-state index in [1.807, 2.05) is 0 Å². The molecule has 1 amide bonds. The summed E-state index contributed by atoms with van der Waals surface area (Å²) in [6.45, 7) is 0.659. The maximum atomic E-state index is 11.9. The Hall–Kier alpha value is -0.300. The van der Waals surface area contributed by atoms with Crippen molar-refractivity contribution >= 4 is 21.8 Å². The molecule has 0 N–H and O–H groups in total. The second-order valence-electron chi connectivity index (χ2n) is 2.85. The lowest BCUT2D eigenvalue weighted by Gasteiger charge is -2.21. The number of carbonyl (C=O) groups excluding carboxylic acids is 1. The number of methoxy groups -OCH3 is 1. The van der Waals surface area contributed by atoms with Crippen LogP contribution in [0.1, 0.15) is 6.42 Å². The van der Waals surface area contributed by atoms with Crippen LogP contribution < -0.4 is 0 Å².